The molecule has 3 aromatic rings. The maximum Gasteiger partial charge on any atom is 0.106 e. The Morgan fingerprint density at radius 1 is 0.422 bits per heavy atom. The fourth-order valence-corrected chi connectivity index (χ4v) is 13.0. The first kappa shape index (κ1) is 37.3. The third-order valence-electron chi connectivity index (χ3n) is 7.69. The van der Waals surface area contributed by atoms with Gasteiger partial charge in [-0.2, -0.15) is 0 Å². The summed E-state index contributed by atoms with van der Waals surface area (Å²) in [6.45, 7) is 0. The molecule has 12 heteroatoms. The summed E-state index contributed by atoms with van der Waals surface area (Å²) in [5.41, 5.74) is 0. The zero-order valence-corrected chi connectivity index (χ0v) is 30.4. The van der Waals surface area contributed by atoms with Crippen LogP contribution in [0.1, 0.15) is 77.0 Å². The van der Waals surface area contributed by atoms with Gasteiger partial charge in [0.15, 0.2) is 0 Å². The van der Waals surface area contributed by atoms with Crippen LogP contribution in [0.25, 0.3) is 0 Å². The molecule has 0 radical (unpaired) electrons. The minimum atomic E-state index is -0.125. The highest BCUT2D eigenvalue weighted by atomic mass is 33.1. The van der Waals surface area contributed by atoms with Gasteiger partial charge in [-0.3, -0.25) is 0 Å². The van der Waals surface area contributed by atoms with Crippen molar-refractivity contribution >= 4 is 64.8 Å². The summed E-state index contributed by atoms with van der Waals surface area (Å²) in [6.07, 6.45) is 18.6. The van der Waals surface area contributed by atoms with E-state index in [4.69, 9.17) is 0 Å². The van der Waals surface area contributed by atoms with Gasteiger partial charge < -0.3 is 15.3 Å². The highest BCUT2D eigenvalue weighted by Gasteiger charge is 2.25. The molecule has 3 aliphatic carbocycles. The van der Waals surface area contributed by atoms with Crippen LogP contribution in [0.5, 0.6) is 0 Å². The van der Waals surface area contributed by atoms with Crippen molar-refractivity contribution in [2.45, 2.75) is 126 Å². The van der Waals surface area contributed by atoms with Crippen molar-refractivity contribution in [2.24, 2.45) is 0 Å². The maximum atomic E-state index is 9.79. The molecule has 6 nitrogen and oxygen atoms in total. The Kier molecular flexibility index (Phi) is 18.3. The fraction of sp³-hybridized carbons (Fsp3) is 0.545. The van der Waals surface area contributed by atoms with Gasteiger partial charge in [0.1, 0.15) is 15.1 Å². The van der Waals surface area contributed by atoms with Crippen molar-refractivity contribution in [1.29, 1.82) is 0 Å². The lowest BCUT2D eigenvalue weighted by molar-refractivity contribution is 0.137. The van der Waals surface area contributed by atoms with E-state index in [-0.39, 0.29) is 18.3 Å². The molecule has 0 spiro atoms. The molecule has 3 saturated carbocycles. The number of hydrogen-bond acceptors (Lipinski definition) is 12. The van der Waals surface area contributed by atoms with Gasteiger partial charge in [0, 0.05) is 34.3 Å². The number of rotatable bonds is 9. The summed E-state index contributed by atoms with van der Waals surface area (Å²) in [6, 6.07) is 17.8. The smallest absolute Gasteiger partial charge is 0.106 e. The normalized spacial score (nSPS) is 26.5. The summed E-state index contributed by atoms with van der Waals surface area (Å²) in [4.78, 5) is 12.7. The van der Waals surface area contributed by atoms with Crippen molar-refractivity contribution in [3.8, 4) is 0 Å². The molecule has 0 amide bonds. The lowest BCUT2D eigenvalue weighted by atomic mass is 9.97. The second kappa shape index (κ2) is 22.1. The van der Waals surface area contributed by atoms with E-state index in [9.17, 15) is 15.3 Å². The molecule has 0 saturated heterocycles. The molecule has 0 aliphatic heterocycles. The van der Waals surface area contributed by atoms with Crippen LogP contribution in [0.3, 0.4) is 0 Å². The average molecular weight is 724 g/mol. The van der Waals surface area contributed by atoms with E-state index in [1.807, 2.05) is 54.6 Å². The van der Waals surface area contributed by atoms with E-state index >= 15 is 0 Å². The molecule has 3 aromatic heterocycles. The molecule has 2 unspecified atom stereocenters. The lowest BCUT2D eigenvalue weighted by Gasteiger charge is -2.26. The SMILES string of the molecule is OC1CCCCC1SSc1ccccn1.O[C@@H]1CCCC[C@H]1SSc1ccccn1.O[C@H]1CCCC[C@@H]1SSc1ccccn1. The summed E-state index contributed by atoms with van der Waals surface area (Å²) in [7, 11) is 10.3. The standard InChI is InChI=1S/3C11H15NOS2/c3*13-9-5-1-2-6-10(9)14-15-11-7-3-4-8-12-11/h3*3-4,7-10,13H,1-2,5-6H2/t2*9-,10-;/m10./s1. The van der Waals surface area contributed by atoms with E-state index < -0.39 is 0 Å². The van der Waals surface area contributed by atoms with Crippen LogP contribution in [0, 0.1) is 0 Å². The van der Waals surface area contributed by atoms with Crippen LogP contribution < -0.4 is 0 Å². The van der Waals surface area contributed by atoms with Gasteiger partial charge in [0.25, 0.3) is 0 Å². The van der Waals surface area contributed by atoms with Gasteiger partial charge >= 0.3 is 0 Å². The highest BCUT2D eigenvalue weighted by molar-refractivity contribution is 8.77. The van der Waals surface area contributed by atoms with Crippen LogP contribution in [-0.2, 0) is 0 Å². The molecule has 3 aliphatic rings. The van der Waals surface area contributed by atoms with Gasteiger partial charge in [0.05, 0.1) is 18.3 Å². The lowest BCUT2D eigenvalue weighted by Crippen LogP contribution is -2.25. The molecular weight excluding hydrogens is 679 g/mol. The Morgan fingerprint density at radius 2 is 0.711 bits per heavy atom. The van der Waals surface area contributed by atoms with Gasteiger partial charge in [-0.1, -0.05) is 89.1 Å². The first-order chi connectivity index (χ1) is 22.1. The predicted octanol–water partition coefficient (Wildman–Crippen LogP) is 9.38. The molecule has 45 heavy (non-hydrogen) atoms. The number of hydrogen-bond donors (Lipinski definition) is 3. The molecule has 3 fully saturated rings. The molecule has 3 N–H and O–H groups in total. The largest absolute Gasteiger partial charge is 0.392 e. The highest BCUT2D eigenvalue weighted by Crippen LogP contribution is 2.41. The summed E-state index contributed by atoms with van der Waals surface area (Å²) in [5.74, 6) is 0. The average Bonchev–Trinajstić information content (AvgIpc) is 3.09. The molecule has 3 heterocycles. The van der Waals surface area contributed by atoms with Crippen molar-refractivity contribution in [3.63, 3.8) is 0 Å². The van der Waals surface area contributed by atoms with Crippen LogP contribution in [0.15, 0.2) is 88.3 Å². The summed E-state index contributed by atoms with van der Waals surface area (Å²) in [5, 5.41) is 33.6. The molecular formula is C33H45N3O3S6. The van der Waals surface area contributed by atoms with Crippen molar-refractivity contribution in [1.82, 2.24) is 15.0 Å². The van der Waals surface area contributed by atoms with Crippen LogP contribution in [-0.4, -0.2) is 64.3 Å². The van der Waals surface area contributed by atoms with Gasteiger partial charge in [-0.25, -0.2) is 15.0 Å². The van der Waals surface area contributed by atoms with Crippen molar-refractivity contribution < 1.29 is 15.3 Å². The zero-order chi connectivity index (χ0) is 31.5. The van der Waals surface area contributed by atoms with E-state index in [0.717, 1.165) is 53.6 Å². The fourth-order valence-electron chi connectivity index (χ4n) is 5.09. The minimum absolute atomic E-state index is 0.125. The minimum Gasteiger partial charge on any atom is -0.392 e. The number of aromatic nitrogens is 3. The first-order valence-corrected chi connectivity index (χ1v) is 22.5. The summed E-state index contributed by atoms with van der Waals surface area (Å²) < 4.78 is 0. The first-order valence-electron chi connectivity index (χ1n) is 15.9. The number of nitrogens with zero attached hydrogens (tertiary/aromatic N) is 3. The van der Waals surface area contributed by atoms with Crippen LogP contribution >= 0.6 is 64.8 Å². The molecule has 6 rings (SSSR count). The van der Waals surface area contributed by atoms with Gasteiger partial charge in [-0.05, 0) is 107 Å². The molecule has 0 aromatic carbocycles. The van der Waals surface area contributed by atoms with E-state index in [1.165, 1.54) is 38.5 Å². The molecule has 246 valence electrons. The number of aliphatic hydroxyl groups is 3. The third kappa shape index (κ3) is 14.6. The maximum absolute atomic E-state index is 9.79. The number of pyridine rings is 3. The Bertz CT molecular complexity index is 1030. The Labute approximate surface area is 292 Å². The second-order valence-electron chi connectivity index (χ2n) is 11.2. The second-order valence-corrected chi connectivity index (χ2v) is 18.6. The number of aliphatic hydroxyl groups excluding tert-OH is 3. The van der Waals surface area contributed by atoms with E-state index in [2.05, 4.69) is 15.0 Å². The molecule has 6 atom stereocenters. The topological polar surface area (TPSA) is 99.4 Å². The van der Waals surface area contributed by atoms with Gasteiger partial charge in [0.2, 0.25) is 0 Å². The predicted molar refractivity (Wildman–Crippen MR) is 198 cm³/mol. The Balaban J connectivity index is 0.000000154. The van der Waals surface area contributed by atoms with Crippen molar-refractivity contribution in [2.75, 3.05) is 0 Å². The quantitative estimate of drug-likeness (QED) is 0.184. The van der Waals surface area contributed by atoms with Crippen LogP contribution in [0.4, 0.5) is 0 Å². The third-order valence-corrected chi connectivity index (χ3v) is 16.2. The summed E-state index contributed by atoms with van der Waals surface area (Å²) >= 11 is 0. The van der Waals surface area contributed by atoms with Crippen molar-refractivity contribution in [3.05, 3.63) is 73.2 Å². The van der Waals surface area contributed by atoms with Gasteiger partial charge in [-0.15, -0.1) is 0 Å². The Hall–Kier alpha value is -0.570. The molecule has 0 bridgehead atoms. The monoisotopic (exact) mass is 723 g/mol. The zero-order valence-electron chi connectivity index (χ0n) is 25.5. The van der Waals surface area contributed by atoms with E-state index in [1.54, 1.807) is 83.4 Å². The Morgan fingerprint density at radius 3 is 0.956 bits per heavy atom. The van der Waals surface area contributed by atoms with Crippen LogP contribution in [0.2, 0.25) is 0 Å². The van der Waals surface area contributed by atoms with E-state index in [0.29, 0.717) is 15.7 Å².